The third-order valence-electron chi connectivity index (χ3n) is 6.91. The molecule has 3 aliphatic heterocycles. The molecular formula is C22H28N4O2. The van der Waals surface area contributed by atoms with E-state index in [1.54, 1.807) is 0 Å². The lowest BCUT2D eigenvalue weighted by Gasteiger charge is -2.50. The number of aromatic nitrogens is 2. The topological polar surface area (TPSA) is 61.5 Å². The summed E-state index contributed by atoms with van der Waals surface area (Å²) < 4.78 is 5.86. The van der Waals surface area contributed by atoms with Crippen molar-refractivity contribution in [2.45, 2.75) is 38.1 Å². The second kappa shape index (κ2) is 6.92. The summed E-state index contributed by atoms with van der Waals surface area (Å²) in [6.45, 7) is 6.38. The summed E-state index contributed by atoms with van der Waals surface area (Å²) in [5.41, 5.74) is 3.62. The average molecular weight is 380 g/mol. The number of likely N-dealkylation sites (tertiary alicyclic amines) is 1. The van der Waals surface area contributed by atoms with E-state index >= 15 is 0 Å². The van der Waals surface area contributed by atoms with Gasteiger partial charge in [-0.3, -0.25) is 9.69 Å². The average Bonchev–Trinajstić information content (AvgIpc) is 3.24. The molecule has 1 fully saturated rings. The van der Waals surface area contributed by atoms with E-state index in [9.17, 15) is 4.79 Å². The summed E-state index contributed by atoms with van der Waals surface area (Å²) in [4.78, 5) is 25.8. The van der Waals surface area contributed by atoms with E-state index in [-0.39, 0.29) is 17.4 Å². The number of rotatable bonds is 2. The number of hydrogen-bond acceptors (Lipinski definition) is 4. The predicted molar refractivity (Wildman–Crippen MR) is 106 cm³/mol. The van der Waals surface area contributed by atoms with Crippen LogP contribution in [0, 0.1) is 5.92 Å². The van der Waals surface area contributed by atoms with Crippen LogP contribution < -0.4 is 4.74 Å². The zero-order valence-electron chi connectivity index (χ0n) is 16.5. The molecule has 1 atom stereocenters. The van der Waals surface area contributed by atoms with Crippen molar-refractivity contribution >= 4 is 5.91 Å². The number of H-pyrrole nitrogens is 1. The Morgan fingerprint density at radius 3 is 2.93 bits per heavy atom. The third-order valence-corrected chi connectivity index (χ3v) is 6.91. The summed E-state index contributed by atoms with van der Waals surface area (Å²) in [5, 5.41) is 0. The van der Waals surface area contributed by atoms with Gasteiger partial charge in [-0.25, -0.2) is 4.98 Å². The second-order valence-electron chi connectivity index (χ2n) is 8.24. The van der Waals surface area contributed by atoms with E-state index in [4.69, 9.17) is 9.72 Å². The molecule has 1 aromatic carbocycles. The fraction of sp³-hybridized carbons (Fsp3) is 0.545. The standard InChI is InChI=1S/C22H28N4O2/c1-2-26-10-7-18-20(24-15-23-18)22(26)8-11-25(12-9-22)21(27)17-13-16-5-3-4-6-19(16)28-14-17/h3-6,15,17H,2,7-14H2,1H3,(H,23,24)/t17-/m1/s1. The Balaban J connectivity index is 1.31. The molecule has 5 rings (SSSR count). The van der Waals surface area contributed by atoms with Gasteiger partial charge in [-0.2, -0.15) is 0 Å². The molecular weight excluding hydrogens is 352 g/mol. The minimum absolute atomic E-state index is 0.0191. The Labute approximate surface area is 165 Å². The van der Waals surface area contributed by atoms with Gasteiger partial charge in [-0.1, -0.05) is 25.1 Å². The Hall–Kier alpha value is -2.34. The quantitative estimate of drug-likeness (QED) is 0.869. The number of carbonyl (C=O) groups excluding carboxylic acids is 1. The van der Waals surface area contributed by atoms with Crippen molar-refractivity contribution in [2.75, 3.05) is 32.8 Å². The fourth-order valence-corrected chi connectivity index (χ4v) is 5.38. The molecule has 2 aromatic rings. The number of amides is 1. The highest BCUT2D eigenvalue weighted by atomic mass is 16.5. The van der Waals surface area contributed by atoms with Gasteiger partial charge in [0.2, 0.25) is 5.91 Å². The number of fused-ring (bicyclic) bond motifs is 3. The molecule has 0 radical (unpaired) electrons. The van der Waals surface area contributed by atoms with Crippen LogP contribution in [-0.4, -0.2) is 58.5 Å². The van der Waals surface area contributed by atoms with Gasteiger partial charge in [-0.05, 0) is 37.4 Å². The van der Waals surface area contributed by atoms with Crippen LogP contribution in [-0.2, 0) is 23.2 Å². The van der Waals surface area contributed by atoms with Gasteiger partial charge in [0.05, 0.1) is 23.5 Å². The zero-order valence-corrected chi connectivity index (χ0v) is 16.5. The first kappa shape index (κ1) is 17.7. The van der Waals surface area contributed by atoms with E-state index in [1.165, 1.54) is 11.4 Å². The van der Waals surface area contributed by atoms with E-state index in [0.717, 1.165) is 63.2 Å². The number of benzene rings is 1. The molecule has 0 unspecified atom stereocenters. The van der Waals surface area contributed by atoms with Crippen LogP contribution in [0.1, 0.15) is 36.7 Å². The van der Waals surface area contributed by atoms with E-state index < -0.39 is 0 Å². The van der Waals surface area contributed by atoms with Crippen LogP contribution in [0.25, 0.3) is 0 Å². The first-order valence-corrected chi connectivity index (χ1v) is 10.5. The fourth-order valence-electron chi connectivity index (χ4n) is 5.38. The van der Waals surface area contributed by atoms with Gasteiger partial charge in [0.15, 0.2) is 0 Å². The van der Waals surface area contributed by atoms with Crippen molar-refractivity contribution in [3.8, 4) is 5.75 Å². The van der Waals surface area contributed by atoms with Gasteiger partial charge in [-0.15, -0.1) is 0 Å². The van der Waals surface area contributed by atoms with E-state index in [0.29, 0.717) is 6.61 Å². The number of nitrogens with zero attached hydrogens (tertiary/aromatic N) is 3. The highest BCUT2D eigenvalue weighted by Crippen LogP contribution is 2.42. The lowest BCUT2D eigenvalue weighted by molar-refractivity contribution is -0.140. The SMILES string of the molecule is CCN1CCc2[nH]cnc2C12CCN(C(=O)[C@H]1COc3ccccc3C1)CC2. The van der Waals surface area contributed by atoms with Gasteiger partial charge in [0.25, 0.3) is 0 Å². The molecule has 1 saturated heterocycles. The number of piperidine rings is 1. The van der Waals surface area contributed by atoms with E-state index in [2.05, 4.69) is 27.8 Å². The first-order valence-electron chi connectivity index (χ1n) is 10.5. The minimum Gasteiger partial charge on any atom is -0.492 e. The first-order chi connectivity index (χ1) is 13.7. The van der Waals surface area contributed by atoms with E-state index in [1.807, 2.05) is 24.5 Å². The van der Waals surface area contributed by atoms with Crippen LogP contribution >= 0.6 is 0 Å². The second-order valence-corrected chi connectivity index (χ2v) is 8.24. The van der Waals surface area contributed by atoms with Crippen molar-refractivity contribution in [3.05, 3.63) is 47.5 Å². The molecule has 1 aromatic heterocycles. The monoisotopic (exact) mass is 380 g/mol. The molecule has 1 amide bonds. The Kier molecular flexibility index (Phi) is 4.38. The van der Waals surface area contributed by atoms with Crippen molar-refractivity contribution in [1.82, 2.24) is 19.8 Å². The largest absolute Gasteiger partial charge is 0.492 e. The molecule has 28 heavy (non-hydrogen) atoms. The third kappa shape index (κ3) is 2.73. The van der Waals surface area contributed by atoms with Crippen molar-refractivity contribution in [2.24, 2.45) is 5.92 Å². The summed E-state index contributed by atoms with van der Waals surface area (Å²) >= 11 is 0. The summed E-state index contributed by atoms with van der Waals surface area (Å²) in [7, 11) is 0. The molecule has 3 aliphatic rings. The van der Waals surface area contributed by atoms with Crippen LogP contribution in [0.2, 0.25) is 0 Å². The number of ether oxygens (including phenoxy) is 1. The number of para-hydroxylation sites is 1. The van der Waals surface area contributed by atoms with Crippen LogP contribution in [0.3, 0.4) is 0 Å². The van der Waals surface area contributed by atoms with Crippen LogP contribution in [0.4, 0.5) is 0 Å². The molecule has 0 aliphatic carbocycles. The number of likely N-dealkylation sites (N-methyl/N-ethyl adjacent to an activating group) is 1. The summed E-state index contributed by atoms with van der Waals surface area (Å²) in [6.07, 6.45) is 5.55. The molecule has 6 nitrogen and oxygen atoms in total. The smallest absolute Gasteiger partial charge is 0.229 e. The van der Waals surface area contributed by atoms with Crippen molar-refractivity contribution in [1.29, 1.82) is 0 Å². The lowest BCUT2D eigenvalue weighted by atomic mass is 9.78. The van der Waals surface area contributed by atoms with Gasteiger partial charge < -0.3 is 14.6 Å². The minimum atomic E-state index is -0.0708. The highest BCUT2D eigenvalue weighted by molar-refractivity contribution is 5.80. The Morgan fingerprint density at radius 1 is 1.29 bits per heavy atom. The number of nitrogens with one attached hydrogen (secondary N) is 1. The normalized spacial score (nSPS) is 23.8. The van der Waals surface area contributed by atoms with Gasteiger partial charge in [0.1, 0.15) is 12.4 Å². The Morgan fingerprint density at radius 2 is 2.11 bits per heavy atom. The Bertz CT molecular complexity index is 869. The van der Waals surface area contributed by atoms with Crippen LogP contribution in [0.5, 0.6) is 5.75 Å². The van der Waals surface area contributed by atoms with Gasteiger partial charge >= 0.3 is 0 Å². The highest BCUT2D eigenvalue weighted by Gasteiger charge is 2.47. The molecule has 6 heteroatoms. The zero-order chi connectivity index (χ0) is 19.1. The predicted octanol–water partition coefficient (Wildman–Crippen LogP) is 2.36. The number of carbonyl (C=O) groups is 1. The molecule has 148 valence electrons. The van der Waals surface area contributed by atoms with Crippen LogP contribution in [0.15, 0.2) is 30.6 Å². The molecule has 4 heterocycles. The van der Waals surface area contributed by atoms with Crippen molar-refractivity contribution < 1.29 is 9.53 Å². The summed E-state index contributed by atoms with van der Waals surface area (Å²) in [5.74, 6) is 1.10. The molecule has 1 N–H and O–H groups in total. The lowest BCUT2D eigenvalue weighted by Crippen LogP contribution is -2.57. The number of hydrogen-bond donors (Lipinski definition) is 1. The molecule has 1 spiro atoms. The molecule has 0 saturated carbocycles. The molecule has 0 bridgehead atoms. The maximum atomic E-state index is 13.2. The van der Waals surface area contributed by atoms with Crippen molar-refractivity contribution in [3.63, 3.8) is 0 Å². The number of aromatic amines is 1. The maximum absolute atomic E-state index is 13.2. The maximum Gasteiger partial charge on any atom is 0.229 e. The summed E-state index contributed by atoms with van der Waals surface area (Å²) in [6, 6.07) is 8.06. The number of imidazole rings is 1. The van der Waals surface area contributed by atoms with Gasteiger partial charge in [0, 0.05) is 31.7 Å².